The standard InChI is InChI=1S/C46H30N2O2/c1-2-10-27(11-3-1)29-20-22-40-36(24-29)37-26-38(32-14-6-7-15-33(32)45(37)50-40)46-47-39-17-9-8-16-34(39)44(48-46)30-18-21-35-42(25-30)49-41-23-19-28-12-4-5-13-31(28)43(35)41/h1-25,37-38,45H,26H2. The number of benzene rings is 7. The Morgan fingerprint density at radius 2 is 1.30 bits per heavy atom. The van der Waals surface area contributed by atoms with Crippen LogP contribution in [-0.4, -0.2) is 9.97 Å². The third kappa shape index (κ3) is 4.12. The molecule has 1 aliphatic heterocycles. The molecule has 50 heavy (non-hydrogen) atoms. The zero-order chi connectivity index (χ0) is 32.8. The molecular formula is C46H30N2O2. The summed E-state index contributed by atoms with van der Waals surface area (Å²) in [5.74, 6) is 2.01. The summed E-state index contributed by atoms with van der Waals surface area (Å²) in [6.07, 6.45) is 0.829. The van der Waals surface area contributed by atoms with E-state index in [9.17, 15) is 0 Å². The van der Waals surface area contributed by atoms with Gasteiger partial charge in [0.25, 0.3) is 0 Å². The van der Waals surface area contributed by atoms with E-state index >= 15 is 0 Å². The van der Waals surface area contributed by atoms with Crippen LogP contribution >= 0.6 is 0 Å². The second-order valence-corrected chi connectivity index (χ2v) is 13.6. The number of furan rings is 1. The molecule has 0 fully saturated rings. The van der Waals surface area contributed by atoms with Crippen LogP contribution in [0.25, 0.3) is 66.0 Å². The Bertz CT molecular complexity index is 2800. The van der Waals surface area contributed by atoms with Gasteiger partial charge < -0.3 is 9.15 Å². The average Bonchev–Trinajstić information content (AvgIpc) is 3.75. The largest absolute Gasteiger partial charge is 0.485 e. The highest BCUT2D eigenvalue weighted by molar-refractivity contribution is 6.19. The molecule has 11 rings (SSSR count). The molecular weight excluding hydrogens is 613 g/mol. The van der Waals surface area contributed by atoms with Crippen molar-refractivity contribution in [2.45, 2.75) is 24.4 Å². The van der Waals surface area contributed by atoms with Gasteiger partial charge in [-0.15, -0.1) is 0 Å². The van der Waals surface area contributed by atoms with Gasteiger partial charge in [-0.2, -0.15) is 0 Å². The number of hydrogen-bond acceptors (Lipinski definition) is 4. The van der Waals surface area contributed by atoms with Crippen molar-refractivity contribution in [3.05, 3.63) is 174 Å². The van der Waals surface area contributed by atoms with Gasteiger partial charge in [0.15, 0.2) is 0 Å². The van der Waals surface area contributed by atoms with Gasteiger partial charge in [-0.05, 0) is 75.8 Å². The zero-order valence-corrected chi connectivity index (χ0v) is 27.1. The van der Waals surface area contributed by atoms with Crippen LogP contribution in [-0.2, 0) is 0 Å². The molecule has 0 saturated carbocycles. The van der Waals surface area contributed by atoms with Crippen LogP contribution < -0.4 is 4.74 Å². The lowest BCUT2D eigenvalue weighted by Crippen LogP contribution is -2.23. The van der Waals surface area contributed by atoms with E-state index in [0.29, 0.717) is 0 Å². The van der Waals surface area contributed by atoms with E-state index in [1.54, 1.807) is 0 Å². The molecule has 3 heterocycles. The van der Waals surface area contributed by atoms with Crippen LogP contribution in [0, 0.1) is 0 Å². The Morgan fingerprint density at radius 3 is 2.22 bits per heavy atom. The van der Waals surface area contributed by atoms with E-state index < -0.39 is 0 Å². The molecule has 7 aromatic carbocycles. The molecule has 0 amide bonds. The summed E-state index contributed by atoms with van der Waals surface area (Å²) >= 11 is 0. The van der Waals surface area contributed by atoms with Crippen LogP contribution in [0.3, 0.4) is 0 Å². The summed E-state index contributed by atoms with van der Waals surface area (Å²) in [5.41, 5.74) is 10.8. The third-order valence-electron chi connectivity index (χ3n) is 10.9. The van der Waals surface area contributed by atoms with Crippen molar-refractivity contribution in [2.24, 2.45) is 0 Å². The van der Waals surface area contributed by atoms with Gasteiger partial charge in [-0.1, -0.05) is 115 Å². The SMILES string of the molecule is c1ccc(-c2ccc3c(c2)C2CC(c4nc(-c5ccc6c(c5)oc5ccc7ccccc7c56)c5ccccc5n4)c4ccccc4C2O3)cc1. The molecule has 0 saturated heterocycles. The maximum absolute atomic E-state index is 6.72. The smallest absolute Gasteiger partial charge is 0.137 e. The van der Waals surface area contributed by atoms with Crippen molar-refractivity contribution in [1.29, 1.82) is 0 Å². The number of hydrogen-bond donors (Lipinski definition) is 0. The first kappa shape index (κ1) is 27.7. The van der Waals surface area contributed by atoms with Crippen LogP contribution in [0.15, 0.2) is 156 Å². The molecule has 3 atom stereocenters. The van der Waals surface area contributed by atoms with Crippen molar-refractivity contribution < 1.29 is 9.15 Å². The summed E-state index contributed by atoms with van der Waals surface area (Å²) in [5, 5.41) is 5.71. The maximum atomic E-state index is 6.72. The lowest BCUT2D eigenvalue weighted by atomic mass is 9.73. The van der Waals surface area contributed by atoms with Crippen LogP contribution in [0.2, 0.25) is 0 Å². The molecule has 2 aliphatic rings. The number of para-hydroxylation sites is 1. The summed E-state index contributed by atoms with van der Waals surface area (Å²) in [6, 6.07) is 53.6. The van der Waals surface area contributed by atoms with E-state index in [1.165, 1.54) is 38.6 Å². The number of aromatic nitrogens is 2. The summed E-state index contributed by atoms with van der Waals surface area (Å²) in [7, 11) is 0. The molecule has 236 valence electrons. The lowest BCUT2D eigenvalue weighted by Gasteiger charge is -2.33. The number of fused-ring (bicyclic) bond motifs is 11. The second kappa shape index (κ2) is 10.6. The van der Waals surface area contributed by atoms with Crippen LogP contribution in [0.4, 0.5) is 0 Å². The van der Waals surface area contributed by atoms with Gasteiger partial charge in [0.05, 0.1) is 11.2 Å². The minimum atomic E-state index is -0.0324. The van der Waals surface area contributed by atoms with Crippen molar-refractivity contribution in [3.8, 4) is 28.1 Å². The first-order valence-electron chi connectivity index (χ1n) is 17.3. The van der Waals surface area contributed by atoms with Gasteiger partial charge in [0.2, 0.25) is 0 Å². The van der Waals surface area contributed by atoms with Gasteiger partial charge >= 0.3 is 0 Å². The fraction of sp³-hybridized carbons (Fsp3) is 0.0870. The molecule has 4 nitrogen and oxygen atoms in total. The highest BCUT2D eigenvalue weighted by Gasteiger charge is 2.44. The molecule has 0 N–H and O–H groups in total. The predicted molar refractivity (Wildman–Crippen MR) is 201 cm³/mol. The Labute approximate surface area is 288 Å². The van der Waals surface area contributed by atoms with Crippen LogP contribution in [0.1, 0.15) is 46.9 Å². The van der Waals surface area contributed by atoms with Crippen molar-refractivity contribution in [3.63, 3.8) is 0 Å². The fourth-order valence-corrected chi connectivity index (χ4v) is 8.55. The maximum Gasteiger partial charge on any atom is 0.137 e. The summed E-state index contributed by atoms with van der Waals surface area (Å²) in [6.45, 7) is 0. The van der Waals surface area contributed by atoms with Crippen molar-refractivity contribution >= 4 is 43.6 Å². The number of nitrogens with zero attached hydrogens (tertiary/aromatic N) is 2. The van der Waals surface area contributed by atoms with Gasteiger partial charge in [0.1, 0.15) is 28.8 Å². The Balaban J connectivity index is 1.06. The zero-order valence-electron chi connectivity index (χ0n) is 27.1. The van der Waals surface area contributed by atoms with Crippen LogP contribution in [0.5, 0.6) is 5.75 Å². The number of rotatable bonds is 3. The monoisotopic (exact) mass is 642 g/mol. The topological polar surface area (TPSA) is 48.2 Å². The van der Waals surface area contributed by atoms with E-state index in [1.807, 2.05) is 0 Å². The second-order valence-electron chi connectivity index (χ2n) is 13.6. The molecule has 3 unspecified atom stereocenters. The summed E-state index contributed by atoms with van der Waals surface area (Å²) in [4.78, 5) is 10.7. The molecule has 1 aliphatic carbocycles. The Hall–Kier alpha value is -6.26. The highest BCUT2D eigenvalue weighted by Crippen LogP contribution is 2.56. The first-order chi connectivity index (χ1) is 24.8. The van der Waals surface area contributed by atoms with Crippen molar-refractivity contribution in [2.75, 3.05) is 0 Å². The fourth-order valence-electron chi connectivity index (χ4n) is 8.55. The molecule has 9 aromatic rings. The number of ether oxygens (including phenoxy) is 1. The molecule has 0 bridgehead atoms. The molecule has 0 radical (unpaired) electrons. The molecule has 4 heteroatoms. The normalized spacial score (nSPS) is 17.9. The average molecular weight is 643 g/mol. The van der Waals surface area contributed by atoms with E-state index in [4.69, 9.17) is 19.1 Å². The minimum absolute atomic E-state index is 0.00651. The van der Waals surface area contributed by atoms with Crippen molar-refractivity contribution in [1.82, 2.24) is 9.97 Å². The van der Waals surface area contributed by atoms with E-state index in [-0.39, 0.29) is 17.9 Å². The predicted octanol–water partition coefficient (Wildman–Crippen LogP) is 11.8. The van der Waals surface area contributed by atoms with Gasteiger partial charge in [-0.3, -0.25) is 0 Å². The quantitative estimate of drug-likeness (QED) is 0.192. The molecule has 2 aromatic heterocycles. The first-order valence-corrected chi connectivity index (χ1v) is 17.3. The Kier molecular flexibility index (Phi) is 5.88. The highest BCUT2D eigenvalue weighted by atomic mass is 16.5. The van der Waals surface area contributed by atoms with E-state index in [0.717, 1.165) is 62.1 Å². The lowest BCUT2D eigenvalue weighted by molar-refractivity contribution is 0.190. The molecule has 0 spiro atoms. The Morgan fingerprint density at radius 1 is 0.520 bits per heavy atom. The van der Waals surface area contributed by atoms with Gasteiger partial charge in [-0.25, -0.2) is 9.97 Å². The summed E-state index contributed by atoms with van der Waals surface area (Å²) < 4.78 is 13.2. The minimum Gasteiger partial charge on any atom is -0.485 e. The van der Waals surface area contributed by atoms with Gasteiger partial charge in [0, 0.05) is 39.1 Å². The van der Waals surface area contributed by atoms with E-state index in [2.05, 4.69) is 152 Å². The third-order valence-corrected chi connectivity index (χ3v) is 10.9.